The number of halogens is 1. The van der Waals surface area contributed by atoms with Crippen LogP contribution in [0.15, 0.2) is 28.7 Å². The summed E-state index contributed by atoms with van der Waals surface area (Å²) in [5, 5.41) is 9.02. The molecule has 0 radical (unpaired) electrons. The van der Waals surface area contributed by atoms with Crippen molar-refractivity contribution in [3.05, 3.63) is 28.7 Å². The van der Waals surface area contributed by atoms with Crippen LogP contribution in [0.5, 0.6) is 0 Å². The van der Waals surface area contributed by atoms with E-state index in [1.807, 2.05) is 19.2 Å². The van der Waals surface area contributed by atoms with Crippen LogP contribution in [0.3, 0.4) is 0 Å². The minimum Gasteiger partial charge on any atom is -0.481 e. The maximum absolute atomic E-state index is 11.0. The molecule has 1 aromatic carbocycles. The van der Waals surface area contributed by atoms with E-state index >= 15 is 0 Å². The van der Waals surface area contributed by atoms with Crippen molar-refractivity contribution < 1.29 is 9.90 Å². The van der Waals surface area contributed by atoms with Crippen LogP contribution in [0.4, 0.5) is 5.69 Å². The molecule has 1 N–H and O–H groups in total. The highest BCUT2D eigenvalue weighted by Gasteiger charge is 2.30. The van der Waals surface area contributed by atoms with Crippen molar-refractivity contribution >= 4 is 27.6 Å². The SMILES string of the molecule is CC1CN(c2cccc(Br)c2)CC(CC(=O)O)N1C. The van der Waals surface area contributed by atoms with Gasteiger partial charge < -0.3 is 10.0 Å². The van der Waals surface area contributed by atoms with Crippen LogP contribution >= 0.6 is 15.9 Å². The van der Waals surface area contributed by atoms with Gasteiger partial charge in [0.05, 0.1) is 6.42 Å². The molecule has 1 heterocycles. The van der Waals surface area contributed by atoms with Gasteiger partial charge in [-0.25, -0.2) is 0 Å². The lowest BCUT2D eigenvalue weighted by Gasteiger charge is -2.44. The first-order valence-corrected chi connectivity index (χ1v) is 7.21. The molecule has 2 atom stereocenters. The number of rotatable bonds is 3. The van der Waals surface area contributed by atoms with Crippen LogP contribution in [0.25, 0.3) is 0 Å². The molecule has 2 rings (SSSR count). The van der Waals surface area contributed by atoms with Crippen molar-refractivity contribution in [2.75, 3.05) is 25.0 Å². The molecule has 0 aliphatic carbocycles. The van der Waals surface area contributed by atoms with Gasteiger partial charge in [0.15, 0.2) is 0 Å². The van der Waals surface area contributed by atoms with Gasteiger partial charge >= 0.3 is 5.97 Å². The molecule has 4 nitrogen and oxygen atoms in total. The number of carboxylic acid groups (broad SMARTS) is 1. The van der Waals surface area contributed by atoms with Crippen molar-refractivity contribution in [2.45, 2.75) is 25.4 Å². The number of nitrogens with zero attached hydrogens (tertiary/aromatic N) is 2. The molecule has 104 valence electrons. The summed E-state index contributed by atoms with van der Waals surface area (Å²) in [7, 11) is 2.01. The van der Waals surface area contributed by atoms with E-state index in [4.69, 9.17) is 5.11 Å². The molecule has 0 spiro atoms. The number of benzene rings is 1. The van der Waals surface area contributed by atoms with E-state index in [1.54, 1.807) is 0 Å². The fourth-order valence-corrected chi connectivity index (χ4v) is 2.95. The molecule has 2 unspecified atom stereocenters. The fourth-order valence-electron chi connectivity index (χ4n) is 2.56. The second-order valence-electron chi connectivity index (χ2n) is 5.15. The third kappa shape index (κ3) is 3.48. The van der Waals surface area contributed by atoms with E-state index in [-0.39, 0.29) is 12.5 Å². The Bertz CT molecular complexity index is 467. The summed E-state index contributed by atoms with van der Waals surface area (Å²) >= 11 is 3.48. The number of likely N-dealkylation sites (N-methyl/N-ethyl adjacent to an activating group) is 1. The van der Waals surface area contributed by atoms with Crippen LogP contribution < -0.4 is 4.90 Å². The Morgan fingerprint density at radius 1 is 1.47 bits per heavy atom. The van der Waals surface area contributed by atoms with Gasteiger partial charge in [-0.1, -0.05) is 22.0 Å². The predicted molar refractivity (Wildman–Crippen MR) is 79.6 cm³/mol. The lowest BCUT2D eigenvalue weighted by molar-refractivity contribution is -0.138. The molecule has 1 aliphatic heterocycles. The summed E-state index contributed by atoms with van der Waals surface area (Å²) in [6.45, 7) is 3.81. The zero-order valence-electron chi connectivity index (χ0n) is 11.2. The van der Waals surface area contributed by atoms with Crippen LogP contribution in [-0.4, -0.2) is 48.2 Å². The van der Waals surface area contributed by atoms with Gasteiger partial charge in [-0.15, -0.1) is 0 Å². The number of piperazine rings is 1. The van der Waals surface area contributed by atoms with E-state index in [1.165, 1.54) is 0 Å². The fraction of sp³-hybridized carbons (Fsp3) is 0.500. The minimum absolute atomic E-state index is 0.0558. The smallest absolute Gasteiger partial charge is 0.305 e. The Labute approximate surface area is 122 Å². The van der Waals surface area contributed by atoms with Crippen molar-refractivity contribution in [1.29, 1.82) is 0 Å². The Balaban J connectivity index is 2.16. The second-order valence-corrected chi connectivity index (χ2v) is 6.07. The highest BCUT2D eigenvalue weighted by atomic mass is 79.9. The Morgan fingerprint density at radius 3 is 2.84 bits per heavy atom. The molecule has 0 bridgehead atoms. The molecule has 1 saturated heterocycles. The first kappa shape index (κ1) is 14.3. The molecule has 19 heavy (non-hydrogen) atoms. The lowest BCUT2D eigenvalue weighted by atomic mass is 10.0. The van der Waals surface area contributed by atoms with Crippen molar-refractivity contribution in [1.82, 2.24) is 4.90 Å². The monoisotopic (exact) mass is 326 g/mol. The van der Waals surface area contributed by atoms with Crippen LogP contribution in [0.1, 0.15) is 13.3 Å². The van der Waals surface area contributed by atoms with E-state index in [2.05, 4.69) is 44.8 Å². The number of carboxylic acids is 1. The molecular weight excluding hydrogens is 308 g/mol. The largest absolute Gasteiger partial charge is 0.481 e. The third-order valence-corrected chi connectivity index (χ3v) is 4.26. The van der Waals surface area contributed by atoms with Gasteiger partial charge in [0, 0.05) is 35.3 Å². The zero-order chi connectivity index (χ0) is 14.0. The number of carbonyl (C=O) groups is 1. The van der Waals surface area contributed by atoms with Gasteiger partial charge in [-0.3, -0.25) is 9.69 Å². The quantitative estimate of drug-likeness (QED) is 0.926. The number of anilines is 1. The standard InChI is InChI=1S/C14H19BrN2O2/c1-10-8-17(12-5-3-4-11(15)6-12)9-13(16(10)2)7-14(18)19/h3-6,10,13H,7-9H2,1-2H3,(H,18,19). The summed E-state index contributed by atoms with van der Waals surface area (Å²) in [5.74, 6) is -0.736. The maximum atomic E-state index is 11.0. The van der Waals surface area contributed by atoms with Crippen LogP contribution in [0, 0.1) is 0 Å². The van der Waals surface area contributed by atoms with Crippen molar-refractivity contribution in [2.24, 2.45) is 0 Å². The molecule has 0 amide bonds. The highest BCUT2D eigenvalue weighted by Crippen LogP contribution is 2.25. The Morgan fingerprint density at radius 2 is 2.21 bits per heavy atom. The summed E-state index contributed by atoms with van der Waals surface area (Å²) in [5.41, 5.74) is 1.14. The Hall–Kier alpha value is -1.07. The molecule has 1 aromatic rings. The average molecular weight is 327 g/mol. The molecule has 0 aromatic heterocycles. The van der Waals surface area contributed by atoms with E-state index < -0.39 is 5.97 Å². The zero-order valence-corrected chi connectivity index (χ0v) is 12.8. The van der Waals surface area contributed by atoms with Crippen LogP contribution in [-0.2, 0) is 4.79 Å². The molecule has 1 fully saturated rings. The molecule has 0 saturated carbocycles. The van der Waals surface area contributed by atoms with Crippen LogP contribution in [0.2, 0.25) is 0 Å². The van der Waals surface area contributed by atoms with Crippen molar-refractivity contribution in [3.8, 4) is 0 Å². The topological polar surface area (TPSA) is 43.8 Å². The molecule has 5 heteroatoms. The van der Waals surface area contributed by atoms with Gasteiger partial charge in [0.1, 0.15) is 0 Å². The van der Waals surface area contributed by atoms with Crippen molar-refractivity contribution in [3.63, 3.8) is 0 Å². The summed E-state index contributed by atoms with van der Waals surface area (Å²) < 4.78 is 1.05. The van der Waals surface area contributed by atoms with Gasteiger partial charge in [0.2, 0.25) is 0 Å². The summed E-state index contributed by atoms with van der Waals surface area (Å²) in [6, 6.07) is 8.56. The number of hydrogen-bond donors (Lipinski definition) is 1. The second kappa shape index (κ2) is 5.92. The van der Waals surface area contributed by atoms with Gasteiger partial charge in [0.25, 0.3) is 0 Å². The lowest BCUT2D eigenvalue weighted by Crippen LogP contribution is -2.56. The van der Waals surface area contributed by atoms with E-state index in [0.717, 1.165) is 23.2 Å². The normalized spacial score (nSPS) is 24.5. The maximum Gasteiger partial charge on any atom is 0.305 e. The van der Waals surface area contributed by atoms with E-state index in [0.29, 0.717) is 6.04 Å². The number of hydrogen-bond acceptors (Lipinski definition) is 3. The summed E-state index contributed by atoms with van der Waals surface area (Å²) in [4.78, 5) is 15.4. The van der Waals surface area contributed by atoms with Gasteiger partial charge in [-0.05, 0) is 32.2 Å². The molecule has 1 aliphatic rings. The highest BCUT2D eigenvalue weighted by molar-refractivity contribution is 9.10. The summed E-state index contributed by atoms with van der Waals surface area (Å²) in [6.07, 6.45) is 0.186. The third-order valence-electron chi connectivity index (χ3n) is 3.77. The average Bonchev–Trinajstić information content (AvgIpc) is 2.34. The Kier molecular flexibility index (Phi) is 4.47. The first-order valence-electron chi connectivity index (χ1n) is 6.41. The molecular formula is C14H19BrN2O2. The predicted octanol–water partition coefficient (Wildman–Crippen LogP) is 2.43. The first-order chi connectivity index (χ1) is 8.97. The van der Waals surface area contributed by atoms with E-state index in [9.17, 15) is 4.79 Å². The number of aliphatic carboxylic acids is 1. The minimum atomic E-state index is -0.736. The van der Waals surface area contributed by atoms with Gasteiger partial charge in [-0.2, -0.15) is 0 Å².